The van der Waals surface area contributed by atoms with Crippen LogP contribution in [-0.2, 0) is 12.6 Å². The third-order valence-corrected chi connectivity index (χ3v) is 3.40. The second kappa shape index (κ2) is 6.90. The lowest BCUT2D eigenvalue weighted by atomic mass is 10.1. The monoisotopic (exact) mass is 341 g/mol. The zero-order valence-corrected chi connectivity index (χ0v) is 12.7. The predicted octanol–water partition coefficient (Wildman–Crippen LogP) is 3.91. The Labute approximate surface area is 135 Å². The largest absolute Gasteiger partial charge is 0.508 e. The molecule has 1 unspecified atom stereocenters. The number of carbonyl (C=O) groups excluding carboxylic acids is 1. The highest BCUT2D eigenvalue weighted by atomic mass is 19.4. The summed E-state index contributed by atoms with van der Waals surface area (Å²) < 4.78 is 51.3. The summed E-state index contributed by atoms with van der Waals surface area (Å²) in [4.78, 5) is 12.0. The molecule has 0 fully saturated rings. The van der Waals surface area contributed by atoms with Gasteiger partial charge in [0.05, 0.1) is 11.1 Å². The van der Waals surface area contributed by atoms with Crippen molar-refractivity contribution < 1.29 is 27.5 Å². The van der Waals surface area contributed by atoms with Gasteiger partial charge in [0.2, 0.25) is 0 Å². The van der Waals surface area contributed by atoms with E-state index >= 15 is 0 Å². The summed E-state index contributed by atoms with van der Waals surface area (Å²) in [5.41, 5.74) is -0.747. The van der Waals surface area contributed by atoms with Gasteiger partial charge in [-0.15, -0.1) is 0 Å². The Morgan fingerprint density at radius 3 is 2.33 bits per heavy atom. The zero-order chi connectivity index (χ0) is 17.9. The van der Waals surface area contributed by atoms with Crippen LogP contribution in [-0.4, -0.2) is 17.1 Å². The summed E-state index contributed by atoms with van der Waals surface area (Å²) in [6, 6.07) is 7.78. The van der Waals surface area contributed by atoms with Gasteiger partial charge in [-0.2, -0.15) is 13.2 Å². The molecular weight excluding hydrogens is 326 g/mol. The van der Waals surface area contributed by atoms with E-state index in [-0.39, 0.29) is 11.8 Å². The molecule has 2 aromatic carbocycles. The van der Waals surface area contributed by atoms with Gasteiger partial charge in [0.1, 0.15) is 11.6 Å². The van der Waals surface area contributed by atoms with Gasteiger partial charge in [-0.05, 0) is 49.2 Å². The van der Waals surface area contributed by atoms with Gasteiger partial charge in [0.15, 0.2) is 0 Å². The maximum atomic E-state index is 13.8. The summed E-state index contributed by atoms with van der Waals surface area (Å²) in [5, 5.41) is 11.7. The number of benzene rings is 2. The molecule has 1 atom stereocenters. The van der Waals surface area contributed by atoms with E-state index in [4.69, 9.17) is 0 Å². The first-order valence-electron chi connectivity index (χ1n) is 7.12. The van der Waals surface area contributed by atoms with E-state index in [0.717, 1.165) is 11.6 Å². The number of hydrogen-bond acceptors (Lipinski definition) is 2. The molecule has 2 aromatic rings. The maximum Gasteiger partial charge on any atom is 0.416 e. The van der Waals surface area contributed by atoms with Gasteiger partial charge in [0.25, 0.3) is 5.91 Å². The second-order valence-corrected chi connectivity index (χ2v) is 5.44. The second-order valence-electron chi connectivity index (χ2n) is 5.44. The minimum Gasteiger partial charge on any atom is -0.508 e. The number of phenols is 1. The Hall–Kier alpha value is -2.57. The van der Waals surface area contributed by atoms with Crippen molar-refractivity contribution in [2.45, 2.75) is 25.6 Å². The molecule has 0 radical (unpaired) electrons. The fourth-order valence-corrected chi connectivity index (χ4v) is 2.21. The van der Waals surface area contributed by atoms with Crippen LogP contribution in [0, 0.1) is 5.82 Å². The van der Waals surface area contributed by atoms with Gasteiger partial charge in [-0.25, -0.2) is 4.39 Å². The lowest BCUT2D eigenvalue weighted by molar-refractivity contribution is -0.137. The van der Waals surface area contributed by atoms with Crippen LogP contribution in [0.3, 0.4) is 0 Å². The molecule has 0 saturated heterocycles. The van der Waals surface area contributed by atoms with Crippen molar-refractivity contribution in [2.24, 2.45) is 0 Å². The molecule has 0 heterocycles. The molecule has 2 N–H and O–H groups in total. The topological polar surface area (TPSA) is 49.3 Å². The molecule has 3 nitrogen and oxygen atoms in total. The van der Waals surface area contributed by atoms with Gasteiger partial charge >= 0.3 is 6.18 Å². The third-order valence-electron chi connectivity index (χ3n) is 3.40. The van der Waals surface area contributed by atoms with E-state index in [2.05, 4.69) is 5.32 Å². The van der Waals surface area contributed by atoms with Gasteiger partial charge < -0.3 is 10.4 Å². The summed E-state index contributed by atoms with van der Waals surface area (Å²) in [5.74, 6) is -1.89. The number of carbonyl (C=O) groups is 1. The Bertz CT molecular complexity index is 726. The van der Waals surface area contributed by atoms with Gasteiger partial charge in [-0.3, -0.25) is 4.79 Å². The minimum atomic E-state index is -4.66. The zero-order valence-electron chi connectivity index (χ0n) is 12.7. The SMILES string of the molecule is CC(Cc1ccc(O)cc1)NC(=O)c1ccc(C(F)(F)F)cc1F. The number of halogens is 4. The highest BCUT2D eigenvalue weighted by molar-refractivity contribution is 5.94. The summed E-state index contributed by atoms with van der Waals surface area (Å²) in [6.07, 6.45) is -4.24. The Balaban J connectivity index is 2.05. The molecule has 0 aliphatic rings. The molecular formula is C17H15F4NO2. The van der Waals surface area contributed by atoms with E-state index in [9.17, 15) is 27.5 Å². The molecule has 0 aliphatic heterocycles. The van der Waals surface area contributed by atoms with Crippen LogP contribution in [0.4, 0.5) is 17.6 Å². The predicted molar refractivity (Wildman–Crippen MR) is 80.1 cm³/mol. The molecule has 0 spiro atoms. The van der Waals surface area contributed by atoms with Crippen molar-refractivity contribution in [3.8, 4) is 5.75 Å². The van der Waals surface area contributed by atoms with Crippen LogP contribution in [0.2, 0.25) is 0 Å². The highest BCUT2D eigenvalue weighted by Crippen LogP contribution is 2.30. The molecule has 0 bridgehead atoms. The molecule has 24 heavy (non-hydrogen) atoms. The average molecular weight is 341 g/mol. The number of aromatic hydroxyl groups is 1. The van der Waals surface area contributed by atoms with Gasteiger partial charge in [0, 0.05) is 6.04 Å². The van der Waals surface area contributed by atoms with Crippen molar-refractivity contribution in [3.63, 3.8) is 0 Å². The first-order chi connectivity index (χ1) is 11.2. The summed E-state index contributed by atoms with van der Waals surface area (Å²) in [7, 11) is 0. The first kappa shape index (κ1) is 17.8. The van der Waals surface area contributed by atoms with Crippen LogP contribution in [0.5, 0.6) is 5.75 Å². The summed E-state index contributed by atoms with van der Waals surface area (Å²) in [6.45, 7) is 1.69. The highest BCUT2D eigenvalue weighted by Gasteiger charge is 2.31. The van der Waals surface area contributed by atoms with Crippen molar-refractivity contribution in [1.29, 1.82) is 0 Å². The quantitative estimate of drug-likeness (QED) is 0.829. The number of rotatable bonds is 4. The third kappa shape index (κ3) is 4.47. The van der Waals surface area contributed by atoms with Crippen molar-refractivity contribution in [3.05, 3.63) is 65.0 Å². The first-order valence-corrected chi connectivity index (χ1v) is 7.12. The molecule has 2 rings (SSSR count). The average Bonchev–Trinajstić information content (AvgIpc) is 2.48. The molecule has 128 valence electrons. The number of hydrogen-bond donors (Lipinski definition) is 2. The van der Waals surface area contributed by atoms with Crippen molar-refractivity contribution >= 4 is 5.91 Å². The van der Waals surface area contributed by atoms with Crippen molar-refractivity contribution in [1.82, 2.24) is 5.32 Å². The number of amides is 1. The molecule has 0 aromatic heterocycles. The van der Waals surface area contributed by atoms with Crippen molar-refractivity contribution in [2.75, 3.05) is 0 Å². The smallest absolute Gasteiger partial charge is 0.416 e. The van der Waals surface area contributed by atoms with Crippen LogP contribution >= 0.6 is 0 Å². The maximum absolute atomic E-state index is 13.8. The van der Waals surface area contributed by atoms with E-state index in [1.165, 1.54) is 12.1 Å². The fourth-order valence-electron chi connectivity index (χ4n) is 2.21. The van der Waals surface area contributed by atoms with E-state index < -0.39 is 29.0 Å². The molecule has 0 saturated carbocycles. The van der Waals surface area contributed by atoms with E-state index in [0.29, 0.717) is 18.6 Å². The standard InChI is InChI=1S/C17H15F4NO2/c1-10(8-11-2-5-13(23)6-3-11)22-16(24)14-7-4-12(9-15(14)18)17(19,20)21/h2-7,9-10,23H,8H2,1H3,(H,22,24). The van der Waals surface area contributed by atoms with Crippen LogP contribution in [0.1, 0.15) is 28.4 Å². The number of phenolic OH excluding ortho intramolecular Hbond substituents is 1. The minimum absolute atomic E-state index is 0.113. The fraction of sp³-hybridized carbons (Fsp3) is 0.235. The number of nitrogens with one attached hydrogen (secondary N) is 1. The number of alkyl halides is 3. The van der Waals surface area contributed by atoms with Gasteiger partial charge in [-0.1, -0.05) is 12.1 Å². The van der Waals surface area contributed by atoms with Crippen LogP contribution < -0.4 is 5.32 Å². The Morgan fingerprint density at radius 2 is 1.79 bits per heavy atom. The van der Waals surface area contributed by atoms with E-state index in [1.807, 2.05) is 0 Å². The normalized spacial score (nSPS) is 12.7. The lowest BCUT2D eigenvalue weighted by Crippen LogP contribution is -2.34. The molecule has 0 aliphatic carbocycles. The lowest BCUT2D eigenvalue weighted by Gasteiger charge is -2.15. The summed E-state index contributed by atoms with van der Waals surface area (Å²) >= 11 is 0. The molecule has 1 amide bonds. The van der Waals surface area contributed by atoms with E-state index in [1.54, 1.807) is 19.1 Å². The van der Waals surface area contributed by atoms with Crippen LogP contribution in [0.15, 0.2) is 42.5 Å². The van der Waals surface area contributed by atoms with Crippen LogP contribution in [0.25, 0.3) is 0 Å². The Morgan fingerprint density at radius 1 is 1.17 bits per heavy atom. The Kier molecular flexibility index (Phi) is 5.11. The molecule has 7 heteroatoms.